The predicted octanol–water partition coefficient (Wildman–Crippen LogP) is 6.54. The average molecular weight is 579 g/mol. The molecule has 1 fully saturated rings. The standard InChI is InChI=1S/C33H30N4O4S/c1-21-6-4-7-26(20-21)28-8-5-9-29(34-28)35-30-22(2)36-41-31(30)25-12-10-23(11-13-25)24-14-16-27(17-15-24)33(18-19-33)32(38)37-42(3,39)40/h4-17,20H,18-19H2,1-3H3,(H,34,35)(H,37,38). The predicted molar refractivity (Wildman–Crippen MR) is 164 cm³/mol. The van der Waals surface area contributed by atoms with Crippen molar-refractivity contribution in [1.82, 2.24) is 14.9 Å². The van der Waals surface area contributed by atoms with Gasteiger partial charge in [-0.3, -0.25) is 9.52 Å². The van der Waals surface area contributed by atoms with Crippen LogP contribution in [0.5, 0.6) is 0 Å². The van der Waals surface area contributed by atoms with Gasteiger partial charge < -0.3 is 9.84 Å². The summed E-state index contributed by atoms with van der Waals surface area (Å²) in [5.74, 6) is 0.840. The van der Waals surface area contributed by atoms with Crippen LogP contribution in [0.15, 0.2) is 95.5 Å². The zero-order valence-corrected chi connectivity index (χ0v) is 24.3. The number of amides is 1. The van der Waals surface area contributed by atoms with Crippen molar-refractivity contribution in [3.63, 3.8) is 0 Å². The van der Waals surface area contributed by atoms with E-state index in [-0.39, 0.29) is 0 Å². The third-order valence-corrected chi connectivity index (χ3v) is 8.12. The molecule has 8 nitrogen and oxygen atoms in total. The number of aryl methyl sites for hydroxylation is 2. The fourth-order valence-corrected chi connectivity index (χ4v) is 5.68. The Bertz CT molecular complexity index is 1890. The molecule has 0 bridgehead atoms. The maximum absolute atomic E-state index is 12.6. The lowest BCUT2D eigenvalue weighted by atomic mass is 9.93. The fourth-order valence-electron chi connectivity index (χ4n) is 5.15. The van der Waals surface area contributed by atoms with Crippen LogP contribution < -0.4 is 10.0 Å². The summed E-state index contributed by atoms with van der Waals surface area (Å²) in [6.45, 7) is 3.95. The Hall–Kier alpha value is -4.76. The van der Waals surface area contributed by atoms with Crippen molar-refractivity contribution >= 4 is 27.4 Å². The molecule has 9 heteroatoms. The van der Waals surface area contributed by atoms with Gasteiger partial charge in [0.05, 0.1) is 17.4 Å². The van der Waals surface area contributed by atoms with Gasteiger partial charge in [0.25, 0.3) is 0 Å². The van der Waals surface area contributed by atoms with Crippen LogP contribution in [0, 0.1) is 13.8 Å². The third-order valence-electron chi connectivity index (χ3n) is 7.56. The highest BCUT2D eigenvalue weighted by atomic mass is 32.2. The van der Waals surface area contributed by atoms with E-state index in [9.17, 15) is 13.2 Å². The molecule has 0 aliphatic heterocycles. The first-order valence-corrected chi connectivity index (χ1v) is 15.5. The van der Waals surface area contributed by atoms with Gasteiger partial charge in [-0.25, -0.2) is 13.4 Å². The van der Waals surface area contributed by atoms with Gasteiger partial charge >= 0.3 is 0 Å². The minimum absolute atomic E-state index is 0.467. The number of hydrogen-bond donors (Lipinski definition) is 2. The molecule has 6 rings (SSSR count). The van der Waals surface area contributed by atoms with Crippen LogP contribution in [0.2, 0.25) is 0 Å². The van der Waals surface area contributed by atoms with Crippen LogP contribution in [0.3, 0.4) is 0 Å². The van der Waals surface area contributed by atoms with Crippen molar-refractivity contribution in [3.8, 4) is 33.7 Å². The number of aromatic nitrogens is 2. The summed E-state index contributed by atoms with van der Waals surface area (Å²) in [6, 6.07) is 29.8. The first kappa shape index (κ1) is 27.4. The lowest BCUT2D eigenvalue weighted by molar-refractivity contribution is -0.121. The van der Waals surface area contributed by atoms with Crippen molar-refractivity contribution in [2.24, 2.45) is 0 Å². The van der Waals surface area contributed by atoms with Crippen LogP contribution in [0.1, 0.15) is 29.7 Å². The molecule has 2 heterocycles. The molecule has 1 aliphatic rings. The maximum atomic E-state index is 12.6. The van der Waals surface area contributed by atoms with E-state index in [2.05, 4.69) is 34.3 Å². The molecule has 1 saturated carbocycles. The molecule has 2 N–H and O–H groups in total. The second kappa shape index (κ2) is 10.6. The van der Waals surface area contributed by atoms with Crippen LogP contribution in [0.4, 0.5) is 11.5 Å². The summed E-state index contributed by atoms with van der Waals surface area (Å²) in [4.78, 5) is 17.4. The van der Waals surface area contributed by atoms with Gasteiger partial charge in [0, 0.05) is 11.1 Å². The monoisotopic (exact) mass is 578 g/mol. The lowest BCUT2D eigenvalue weighted by Gasteiger charge is -2.15. The number of pyridine rings is 1. The highest BCUT2D eigenvalue weighted by Crippen LogP contribution is 2.49. The number of nitrogens with one attached hydrogen (secondary N) is 2. The van der Waals surface area contributed by atoms with E-state index in [0.717, 1.165) is 51.1 Å². The summed E-state index contributed by atoms with van der Waals surface area (Å²) in [6.07, 6.45) is 2.25. The topological polar surface area (TPSA) is 114 Å². The second-order valence-electron chi connectivity index (χ2n) is 10.8. The van der Waals surface area contributed by atoms with Crippen molar-refractivity contribution in [3.05, 3.63) is 108 Å². The number of rotatable bonds is 8. The molecule has 42 heavy (non-hydrogen) atoms. The normalized spacial score (nSPS) is 13.9. The molecule has 0 spiro atoms. The molecule has 0 saturated heterocycles. The molecular weight excluding hydrogens is 548 g/mol. The summed E-state index contributed by atoms with van der Waals surface area (Å²) < 4.78 is 31.0. The van der Waals surface area contributed by atoms with Crippen molar-refractivity contribution in [2.45, 2.75) is 32.1 Å². The number of hydrogen-bond acceptors (Lipinski definition) is 7. The average Bonchev–Trinajstić information content (AvgIpc) is 3.71. The largest absolute Gasteiger partial charge is 0.354 e. The molecular formula is C33H30N4O4S. The number of carbonyl (C=O) groups excluding carboxylic acids is 1. The SMILES string of the molecule is Cc1cccc(-c2cccc(Nc3c(C)noc3-c3ccc(-c4ccc(C5(C(=O)NS(C)(=O)=O)CC5)cc4)cc3)n2)c1. The van der Waals surface area contributed by atoms with Gasteiger partial charge in [-0.1, -0.05) is 83.5 Å². The molecule has 1 amide bonds. The number of nitrogens with zero attached hydrogens (tertiary/aromatic N) is 2. The second-order valence-corrected chi connectivity index (χ2v) is 12.6. The van der Waals surface area contributed by atoms with Crippen LogP contribution in [-0.4, -0.2) is 30.7 Å². The van der Waals surface area contributed by atoms with Gasteiger partial charge in [0.15, 0.2) is 5.76 Å². The first-order chi connectivity index (χ1) is 20.1. The number of anilines is 2. The number of carbonyl (C=O) groups is 1. The maximum Gasteiger partial charge on any atom is 0.244 e. The molecule has 1 aliphatic carbocycles. The van der Waals surface area contributed by atoms with E-state index >= 15 is 0 Å². The molecule has 0 unspecified atom stereocenters. The highest BCUT2D eigenvalue weighted by molar-refractivity contribution is 7.89. The summed E-state index contributed by atoms with van der Waals surface area (Å²) >= 11 is 0. The van der Waals surface area contributed by atoms with Crippen molar-refractivity contribution in [2.75, 3.05) is 11.6 Å². The van der Waals surface area contributed by atoms with E-state index < -0.39 is 21.3 Å². The van der Waals surface area contributed by atoms with E-state index in [1.54, 1.807) is 0 Å². The highest BCUT2D eigenvalue weighted by Gasteiger charge is 2.52. The Morgan fingerprint density at radius 1 is 0.833 bits per heavy atom. The smallest absolute Gasteiger partial charge is 0.244 e. The van der Waals surface area contributed by atoms with Crippen LogP contribution in [-0.2, 0) is 20.2 Å². The summed E-state index contributed by atoms with van der Waals surface area (Å²) in [5.41, 5.74) is 7.46. The number of benzene rings is 3. The van der Waals surface area contributed by atoms with Gasteiger partial charge in [-0.05, 0) is 61.6 Å². The zero-order chi connectivity index (χ0) is 29.5. The van der Waals surface area contributed by atoms with Gasteiger partial charge in [0.2, 0.25) is 15.9 Å². The quantitative estimate of drug-likeness (QED) is 0.215. The Balaban J connectivity index is 1.21. The van der Waals surface area contributed by atoms with Crippen LogP contribution in [0.25, 0.3) is 33.7 Å². The summed E-state index contributed by atoms with van der Waals surface area (Å²) in [7, 11) is -3.61. The summed E-state index contributed by atoms with van der Waals surface area (Å²) in [5, 5.41) is 7.60. The minimum Gasteiger partial charge on any atom is -0.354 e. The van der Waals surface area contributed by atoms with Crippen molar-refractivity contribution in [1.29, 1.82) is 0 Å². The first-order valence-electron chi connectivity index (χ1n) is 13.6. The molecule has 0 radical (unpaired) electrons. The Morgan fingerprint density at radius 3 is 2.12 bits per heavy atom. The molecule has 212 valence electrons. The van der Waals surface area contributed by atoms with E-state index in [4.69, 9.17) is 9.51 Å². The molecule has 2 aromatic heterocycles. The number of sulfonamides is 1. The van der Waals surface area contributed by atoms with Gasteiger partial charge in [0.1, 0.15) is 17.2 Å². The fraction of sp³-hybridized carbons (Fsp3) is 0.182. The Kier molecular flexibility index (Phi) is 6.90. The van der Waals surface area contributed by atoms with Crippen LogP contribution >= 0.6 is 0 Å². The Labute approximate surface area is 244 Å². The van der Waals surface area contributed by atoms with E-state index in [1.165, 1.54) is 5.56 Å². The molecule has 0 atom stereocenters. The lowest BCUT2D eigenvalue weighted by Crippen LogP contribution is -2.38. The minimum atomic E-state index is -3.61. The zero-order valence-electron chi connectivity index (χ0n) is 23.5. The Morgan fingerprint density at radius 2 is 1.48 bits per heavy atom. The van der Waals surface area contributed by atoms with Gasteiger partial charge in [-0.2, -0.15) is 0 Å². The van der Waals surface area contributed by atoms with Gasteiger partial charge in [-0.15, -0.1) is 0 Å². The molecule has 3 aromatic carbocycles. The van der Waals surface area contributed by atoms with E-state index in [1.807, 2.05) is 85.8 Å². The molecule has 5 aromatic rings. The third kappa shape index (κ3) is 5.56. The van der Waals surface area contributed by atoms with Crippen molar-refractivity contribution < 1.29 is 17.7 Å². The van der Waals surface area contributed by atoms with E-state index in [0.29, 0.717) is 24.4 Å².